The van der Waals surface area contributed by atoms with Crippen LogP contribution >= 0.6 is 11.3 Å². The quantitative estimate of drug-likeness (QED) is 0.307. The van der Waals surface area contributed by atoms with Gasteiger partial charge in [-0.1, -0.05) is 35.6 Å². The number of aryl methyl sites for hydroxylation is 1. The van der Waals surface area contributed by atoms with Crippen molar-refractivity contribution in [2.75, 3.05) is 0 Å². The molecular formula is C16H12N2O5S. The van der Waals surface area contributed by atoms with Crippen LogP contribution in [0.25, 0.3) is 10.2 Å². The van der Waals surface area contributed by atoms with Crippen molar-refractivity contribution < 1.29 is 14.5 Å². The maximum absolute atomic E-state index is 12.0. The molecule has 3 aromatic rings. The minimum absolute atomic E-state index is 0.0628. The van der Waals surface area contributed by atoms with Crippen LogP contribution in [0.1, 0.15) is 6.42 Å². The van der Waals surface area contributed by atoms with Crippen LogP contribution in [-0.4, -0.2) is 15.5 Å². The van der Waals surface area contributed by atoms with Gasteiger partial charge in [0, 0.05) is 12.6 Å². The minimum Gasteiger partial charge on any atom is -0.419 e. The molecule has 0 atom stereocenters. The summed E-state index contributed by atoms with van der Waals surface area (Å²) in [6.45, 7) is 0.155. The van der Waals surface area contributed by atoms with Gasteiger partial charge in [0.15, 0.2) is 0 Å². The van der Waals surface area contributed by atoms with E-state index in [1.54, 1.807) is 12.1 Å². The number of rotatable bonds is 5. The van der Waals surface area contributed by atoms with Crippen LogP contribution in [0.15, 0.2) is 53.3 Å². The third-order valence-electron chi connectivity index (χ3n) is 3.40. The van der Waals surface area contributed by atoms with E-state index < -0.39 is 10.9 Å². The molecule has 0 fully saturated rings. The highest BCUT2D eigenvalue weighted by Crippen LogP contribution is 2.26. The number of hydrogen-bond acceptors (Lipinski definition) is 6. The molecule has 1 heterocycles. The number of carbonyl (C=O) groups is 1. The van der Waals surface area contributed by atoms with E-state index in [9.17, 15) is 19.7 Å². The number of thiazole rings is 1. The Balaban J connectivity index is 1.73. The SMILES string of the molecule is O=C(CCn1c(=O)sc2ccccc21)Oc1ccccc1[N+](=O)[O-]. The summed E-state index contributed by atoms with van der Waals surface area (Å²) in [7, 11) is 0. The van der Waals surface area contributed by atoms with Crippen molar-refractivity contribution in [3.05, 3.63) is 68.3 Å². The van der Waals surface area contributed by atoms with Crippen LogP contribution in [0, 0.1) is 10.1 Å². The molecule has 0 aliphatic heterocycles. The molecular weight excluding hydrogens is 332 g/mol. The molecule has 3 rings (SSSR count). The van der Waals surface area contributed by atoms with Crippen LogP contribution in [0.5, 0.6) is 5.75 Å². The topological polar surface area (TPSA) is 91.4 Å². The first-order chi connectivity index (χ1) is 11.6. The number of ether oxygens (including phenoxy) is 1. The highest BCUT2D eigenvalue weighted by Gasteiger charge is 2.17. The van der Waals surface area contributed by atoms with Gasteiger partial charge >= 0.3 is 16.5 Å². The summed E-state index contributed by atoms with van der Waals surface area (Å²) in [5.41, 5.74) is 0.481. The zero-order valence-electron chi connectivity index (χ0n) is 12.4. The minimum atomic E-state index is -0.633. The smallest absolute Gasteiger partial charge is 0.313 e. The van der Waals surface area contributed by atoms with E-state index in [0.29, 0.717) is 0 Å². The van der Waals surface area contributed by atoms with Gasteiger partial charge in [-0.15, -0.1) is 0 Å². The van der Waals surface area contributed by atoms with Crippen molar-refractivity contribution in [3.63, 3.8) is 0 Å². The third kappa shape index (κ3) is 3.18. The summed E-state index contributed by atoms with van der Waals surface area (Å²) in [5.74, 6) is -0.735. The molecule has 8 heteroatoms. The second-order valence-electron chi connectivity index (χ2n) is 4.94. The molecule has 1 aromatic heterocycles. The maximum Gasteiger partial charge on any atom is 0.313 e. The summed E-state index contributed by atoms with van der Waals surface area (Å²) in [6.07, 6.45) is -0.0628. The molecule has 0 bridgehead atoms. The van der Waals surface area contributed by atoms with Gasteiger partial charge in [-0.3, -0.25) is 24.3 Å². The van der Waals surface area contributed by atoms with Crippen molar-refractivity contribution in [1.29, 1.82) is 0 Å². The molecule has 0 radical (unpaired) electrons. The van der Waals surface area contributed by atoms with Gasteiger partial charge in [0.05, 0.1) is 21.6 Å². The number of benzene rings is 2. The number of fused-ring (bicyclic) bond motifs is 1. The number of nitro groups is 1. The van der Waals surface area contributed by atoms with Crippen LogP contribution in [0.4, 0.5) is 5.69 Å². The molecule has 24 heavy (non-hydrogen) atoms. The molecule has 2 aromatic carbocycles. The number of nitro benzene ring substituents is 1. The van der Waals surface area contributed by atoms with E-state index in [1.807, 2.05) is 18.2 Å². The lowest BCUT2D eigenvalue weighted by atomic mass is 10.3. The molecule has 0 amide bonds. The van der Waals surface area contributed by atoms with Gasteiger partial charge in [0.25, 0.3) is 0 Å². The second kappa shape index (κ2) is 6.63. The molecule has 0 saturated heterocycles. The molecule has 0 aliphatic carbocycles. The van der Waals surface area contributed by atoms with Crippen LogP contribution in [0.3, 0.4) is 0 Å². The number of nitrogens with zero attached hydrogens (tertiary/aromatic N) is 2. The first-order valence-electron chi connectivity index (χ1n) is 7.09. The van der Waals surface area contributed by atoms with E-state index in [1.165, 1.54) is 22.8 Å². The van der Waals surface area contributed by atoms with E-state index in [-0.39, 0.29) is 29.3 Å². The van der Waals surface area contributed by atoms with Gasteiger partial charge in [0.1, 0.15) is 0 Å². The average Bonchev–Trinajstić information content (AvgIpc) is 2.88. The maximum atomic E-state index is 12.0. The zero-order chi connectivity index (χ0) is 17.1. The Morgan fingerprint density at radius 1 is 1.17 bits per heavy atom. The Labute approximate surface area is 139 Å². The summed E-state index contributed by atoms with van der Waals surface area (Å²) in [6, 6.07) is 13.0. The predicted octanol–water partition coefficient (Wildman–Crippen LogP) is 2.97. The number of carbonyl (C=O) groups excluding carboxylic acids is 1. The Kier molecular flexibility index (Phi) is 4.39. The molecule has 122 valence electrons. The van der Waals surface area contributed by atoms with Crippen molar-refractivity contribution >= 4 is 33.2 Å². The van der Waals surface area contributed by atoms with E-state index in [0.717, 1.165) is 21.6 Å². The van der Waals surface area contributed by atoms with Gasteiger partial charge in [0.2, 0.25) is 5.75 Å². The fourth-order valence-electron chi connectivity index (χ4n) is 2.30. The first-order valence-corrected chi connectivity index (χ1v) is 7.90. The molecule has 0 unspecified atom stereocenters. The molecule has 0 saturated carbocycles. The number of para-hydroxylation sites is 3. The Hall–Kier alpha value is -3.00. The van der Waals surface area contributed by atoms with E-state index in [2.05, 4.69) is 0 Å². The average molecular weight is 344 g/mol. The molecule has 0 aliphatic rings. The van der Waals surface area contributed by atoms with Crippen molar-refractivity contribution in [1.82, 2.24) is 4.57 Å². The normalized spacial score (nSPS) is 10.7. The summed E-state index contributed by atoms with van der Waals surface area (Å²) >= 11 is 1.11. The Morgan fingerprint density at radius 3 is 2.67 bits per heavy atom. The lowest BCUT2D eigenvalue weighted by Crippen LogP contribution is -2.18. The largest absolute Gasteiger partial charge is 0.419 e. The molecule has 7 nitrogen and oxygen atoms in total. The lowest BCUT2D eigenvalue weighted by Gasteiger charge is -2.06. The Bertz CT molecular complexity index is 976. The van der Waals surface area contributed by atoms with Crippen molar-refractivity contribution in [3.8, 4) is 5.75 Å². The number of aromatic nitrogens is 1. The van der Waals surface area contributed by atoms with Crippen LogP contribution in [0.2, 0.25) is 0 Å². The monoisotopic (exact) mass is 344 g/mol. The fraction of sp³-hybridized carbons (Fsp3) is 0.125. The highest BCUT2D eigenvalue weighted by atomic mass is 32.1. The number of esters is 1. The first kappa shape index (κ1) is 15.9. The van der Waals surface area contributed by atoms with Crippen LogP contribution < -0.4 is 9.61 Å². The van der Waals surface area contributed by atoms with Crippen LogP contribution in [-0.2, 0) is 11.3 Å². The Morgan fingerprint density at radius 2 is 1.88 bits per heavy atom. The number of hydrogen-bond donors (Lipinski definition) is 0. The molecule has 0 N–H and O–H groups in total. The third-order valence-corrected chi connectivity index (χ3v) is 4.36. The van der Waals surface area contributed by atoms with E-state index in [4.69, 9.17) is 4.74 Å². The molecule has 0 spiro atoms. The van der Waals surface area contributed by atoms with E-state index >= 15 is 0 Å². The van der Waals surface area contributed by atoms with Gasteiger partial charge < -0.3 is 4.74 Å². The standard InChI is InChI=1S/C16H12N2O5S/c19-15(23-13-7-3-1-5-11(13)18(21)22)9-10-17-12-6-2-4-8-14(12)24-16(17)20/h1-8H,9-10H2. The highest BCUT2D eigenvalue weighted by molar-refractivity contribution is 7.16. The van der Waals surface area contributed by atoms with Crippen molar-refractivity contribution in [2.45, 2.75) is 13.0 Å². The van der Waals surface area contributed by atoms with Crippen molar-refractivity contribution in [2.24, 2.45) is 0 Å². The summed E-state index contributed by atoms with van der Waals surface area (Å²) < 4.78 is 7.41. The van der Waals surface area contributed by atoms with Gasteiger partial charge in [-0.05, 0) is 18.2 Å². The lowest BCUT2D eigenvalue weighted by molar-refractivity contribution is -0.385. The summed E-state index contributed by atoms with van der Waals surface area (Å²) in [5, 5.41) is 10.9. The second-order valence-corrected chi connectivity index (χ2v) is 5.93. The zero-order valence-corrected chi connectivity index (χ0v) is 13.2. The fourth-order valence-corrected chi connectivity index (χ4v) is 3.21. The van der Waals surface area contributed by atoms with Gasteiger partial charge in [-0.25, -0.2) is 0 Å². The van der Waals surface area contributed by atoms with Gasteiger partial charge in [-0.2, -0.15) is 0 Å². The predicted molar refractivity (Wildman–Crippen MR) is 89.4 cm³/mol. The summed E-state index contributed by atoms with van der Waals surface area (Å²) in [4.78, 5) is 34.1.